The van der Waals surface area contributed by atoms with E-state index in [4.69, 9.17) is 0 Å². The van der Waals surface area contributed by atoms with Crippen molar-refractivity contribution >= 4 is 27.5 Å². The number of carbonyl (C=O) groups excluding carboxylic acids is 1. The Hall–Kier alpha value is -1.08. The predicted octanol–water partition coefficient (Wildman–Crippen LogP) is 1.36. The van der Waals surface area contributed by atoms with Crippen LogP contribution in [-0.4, -0.2) is 36.8 Å². The van der Waals surface area contributed by atoms with Gasteiger partial charge < -0.3 is 5.32 Å². The topological polar surface area (TPSA) is 63.2 Å². The van der Waals surface area contributed by atoms with Crippen molar-refractivity contribution in [3.63, 3.8) is 0 Å². The Bertz CT molecular complexity index is 572. The fourth-order valence-electron chi connectivity index (χ4n) is 1.94. The zero-order valence-corrected chi connectivity index (χ0v) is 12.5. The summed E-state index contributed by atoms with van der Waals surface area (Å²) in [5.41, 5.74) is 0.827. The van der Waals surface area contributed by atoms with E-state index in [0.29, 0.717) is 13.0 Å². The van der Waals surface area contributed by atoms with E-state index in [1.807, 2.05) is 0 Å². The molecule has 0 aromatic heterocycles. The molecule has 1 heterocycles. The van der Waals surface area contributed by atoms with Crippen LogP contribution in [0, 0.1) is 5.82 Å². The van der Waals surface area contributed by atoms with Gasteiger partial charge in [0, 0.05) is 11.8 Å². The fraction of sp³-hybridized carbons (Fsp3) is 0.462. The molecule has 0 bridgehead atoms. The normalized spacial score (nSPS) is 20.8. The fourth-order valence-corrected chi connectivity index (χ4v) is 5.41. The maximum Gasteiger partial charge on any atom is 0.230 e. The second-order valence-corrected chi connectivity index (χ2v) is 8.26. The van der Waals surface area contributed by atoms with Gasteiger partial charge in [-0.15, -0.1) is 11.8 Å². The van der Waals surface area contributed by atoms with Crippen LogP contribution in [0.4, 0.5) is 4.39 Å². The minimum absolute atomic E-state index is 0.0246. The molecule has 1 aromatic rings. The van der Waals surface area contributed by atoms with Crippen LogP contribution in [0.5, 0.6) is 0 Å². The van der Waals surface area contributed by atoms with Crippen LogP contribution in [0.25, 0.3) is 0 Å². The zero-order chi connectivity index (χ0) is 14.6. The van der Waals surface area contributed by atoms with Crippen LogP contribution in [0.2, 0.25) is 0 Å². The molecule has 0 aliphatic carbocycles. The first kappa shape index (κ1) is 15.3. The first-order chi connectivity index (χ1) is 9.44. The summed E-state index contributed by atoms with van der Waals surface area (Å²) in [6.45, 7) is 0.350. The Morgan fingerprint density at radius 2 is 2.05 bits per heavy atom. The van der Waals surface area contributed by atoms with Crippen molar-refractivity contribution in [1.29, 1.82) is 0 Å². The number of amides is 1. The van der Waals surface area contributed by atoms with Crippen molar-refractivity contribution in [2.45, 2.75) is 18.2 Å². The summed E-state index contributed by atoms with van der Waals surface area (Å²) in [6.07, 6.45) is 0.623. The van der Waals surface area contributed by atoms with E-state index in [0.717, 1.165) is 5.56 Å². The summed E-state index contributed by atoms with van der Waals surface area (Å²) in [4.78, 5) is 11.6. The van der Waals surface area contributed by atoms with Gasteiger partial charge in [0.2, 0.25) is 5.91 Å². The van der Waals surface area contributed by atoms with Crippen molar-refractivity contribution in [1.82, 2.24) is 5.32 Å². The maximum absolute atomic E-state index is 12.7. The largest absolute Gasteiger partial charge is 0.351 e. The second-order valence-electron chi connectivity index (χ2n) is 4.74. The first-order valence-corrected chi connectivity index (χ1v) is 9.15. The highest BCUT2D eigenvalue weighted by Gasteiger charge is 2.28. The van der Waals surface area contributed by atoms with E-state index < -0.39 is 9.84 Å². The lowest BCUT2D eigenvalue weighted by molar-refractivity contribution is -0.118. The summed E-state index contributed by atoms with van der Waals surface area (Å²) < 4.78 is 35.3. The smallest absolute Gasteiger partial charge is 0.230 e. The first-order valence-electron chi connectivity index (χ1n) is 6.28. The van der Waals surface area contributed by atoms with Gasteiger partial charge in [0.25, 0.3) is 0 Å². The zero-order valence-electron chi connectivity index (χ0n) is 10.8. The van der Waals surface area contributed by atoms with Crippen molar-refractivity contribution in [2.75, 3.05) is 17.3 Å². The van der Waals surface area contributed by atoms with Gasteiger partial charge in [-0.3, -0.25) is 4.79 Å². The number of benzene rings is 1. The summed E-state index contributed by atoms with van der Waals surface area (Å²) >= 11 is 1.38. The van der Waals surface area contributed by atoms with Crippen LogP contribution in [-0.2, 0) is 21.2 Å². The standard InChI is InChI=1S/C13H16FNO3S2/c14-11-3-1-10(2-4-11)7-15-13(16)8-19-12-5-6-20(17,18)9-12/h1-4,12H,5-9H2,(H,15,16)/t12-/m1/s1. The number of hydrogen-bond donors (Lipinski definition) is 1. The summed E-state index contributed by atoms with van der Waals surface area (Å²) in [5.74, 6) is 0.202. The maximum atomic E-state index is 12.7. The lowest BCUT2D eigenvalue weighted by atomic mass is 10.2. The molecule has 1 aliphatic rings. The van der Waals surface area contributed by atoms with E-state index in [-0.39, 0.29) is 34.2 Å². The molecular weight excluding hydrogens is 301 g/mol. The molecule has 7 heteroatoms. The minimum atomic E-state index is -2.89. The second kappa shape index (κ2) is 6.58. The molecule has 4 nitrogen and oxygen atoms in total. The number of carbonyl (C=O) groups is 1. The summed E-state index contributed by atoms with van der Waals surface area (Å²) in [6, 6.07) is 5.93. The lowest BCUT2D eigenvalue weighted by Crippen LogP contribution is -2.25. The molecule has 0 spiro atoms. The molecule has 1 aromatic carbocycles. The number of sulfone groups is 1. The van der Waals surface area contributed by atoms with Crippen LogP contribution in [0.3, 0.4) is 0 Å². The quantitative estimate of drug-likeness (QED) is 0.891. The molecule has 1 aliphatic heterocycles. The molecule has 110 valence electrons. The Balaban J connectivity index is 1.69. The van der Waals surface area contributed by atoms with Crippen LogP contribution in [0.15, 0.2) is 24.3 Å². The Morgan fingerprint density at radius 1 is 1.35 bits per heavy atom. The minimum Gasteiger partial charge on any atom is -0.351 e. The highest BCUT2D eigenvalue weighted by atomic mass is 32.2. The van der Waals surface area contributed by atoms with Gasteiger partial charge in [-0.2, -0.15) is 0 Å². The molecule has 1 N–H and O–H groups in total. The molecule has 1 saturated heterocycles. The van der Waals surface area contributed by atoms with E-state index in [9.17, 15) is 17.6 Å². The Labute approximate surface area is 122 Å². The number of rotatable bonds is 5. The average molecular weight is 317 g/mol. The van der Waals surface area contributed by atoms with E-state index in [1.165, 1.54) is 23.9 Å². The Kier molecular flexibility index (Phi) is 5.04. The van der Waals surface area contributed by atoms with Crippen molar-refractivity contribution in [3.8, 4) is 0 Å². The van der Waals surface area contributed by atoms with Gasteiger partial charge in [0.1, 0.15) is 5.82 Å². The molecule has 1 fully saturated rings. The van der Waals surface area contributed by atoms with Crippen LogP contribution < -0.4 is 5.32 Å². The third-order valence-electron chi connectivity index (χ3n) is 3.04. The van der Waals surface area contributed by atoms with Crippen molar-refractivity contribution < 1.29 is 17.6 Å². The van der Waals surface area contributed by atoms with Gasteiger partial charge in [-0.25, -0.2) is 12.8 Å². The van der Waals surface area contributed by atoms with Gasteiger partial charge in [0.05, 0.1) is 17.3 Å². The SMILES string of the molecule is O=C(CS[C@@H]1CCS(=O)(=O)C1)NCc1ccc(F)cc1. The van der Waals surface area contributed by atoms with Gasteiger partial charge in [-0.05, 0) is 24.1 Å². The number of thioether (sulfide) groups is 1. The van der Waals surface area contributed by atoms with E-state index in [2.05, 4.69) is 5.32 Å². The van der Waals surface area contributed by atoms with Gasteiger partial charge in [0.15, 0.2) is 9.84 Å². The van der Waals surface area contributed by atoms with Crippen LogP contribution >= 0.6 is 11.8 Å². The summed E-state index contributed by atoms with van der Waals surface area (Å²) in [5, 5.41) is 2.76. The molecular formula is C13H16FNO3S2. The molecule has 1 amide bonds. The lowest BCUT2D eigenvalue weighted by Gasteiger charge is -2.08. The molecule has 0 saturated carbocycles. The molecule has 2 rings (SSSR count). The Morgan fingerprint density at radius 3 is 2.65 bits per heavy atom. The predicted molar refractivity (Wildman–Crippen MR) is 77.8 cm³/mol. The average Bonchev–Trinajstić information content (AvgIpc) is 2.75. The molecule has 1 atom stereocenters. The highest BCUT2D eigenvalue weighted by molar-refractivity contribution is 8.02. The van der Waals surface area contributed by atoms with Crippen molar-refractivity contribution in [2.24, 2.45) is 0 Å². The molecule has 0 unspecified atom stereocenters. The van der Waals surface area contributed by atoms with Crippen LogP contribution in [0.1, 0.15) is 12.0 Å². The number of hydrogen-bond acceptors (Lipinski definition) is 4. The molecule has 0 radical (unpaired) electrons. The third-order valence-corrected chi connectivity index (χ3v) is 6.33. The molecule has 20 heavy (non-hydrogen) atoms. The third kappa shape index (κ3) is 4.79. The number of halogens is 1. The number of nitrogens with one attached hydrogen (secondary N) is 1. The van der Waals surface area contributed by atoms with Gasteiger partial charge >= 0.3 is 0 Å². The summed E-state index contributed by atoms with van der Waals surface area (Å²) in [7, 11) is -2.89. The van der Waals surface area contributed by atoms with Crippen molar-refractivity contribution in [3.05, 3.63) is 35.6 Å². The van der Waals surface area contributed by atoms with E-state index >= 15 is 0 Å². The highest BCUT2D eigenvalue weighted by Crippen LogP contribution is 2.23. The monoisotopic (exact) mass is 317 g/mol. The van der Waals surface area contributed by atoms with E-state index in [1.54, 1.807) is 12.1 Å². The van der Waals surface area contributed by atoms with Gasteiger partial charge in [-0.1, -0.05) is 12.1 Å².